The van der Waals surface area contributed by atoms with Crippen LogP contribution in [-0.4, -0.2) is 18.5 Å². The smallest absolute Gasteiger partial charge is 0.0266 e. The molecular formula is C15H26ClN. The van der Waals surface area contributed by atoms with Crippen LogP contribution < -0.4 is 5.32 Å². The third-order valence-corrected chi connectivity index (χ3v) is 6.03. The highest BCUT2D eigenvalue weighted by molar-refractivity contribution is 6.18. The van der Waals surface area contributed by atoms with Crippen LogP contribution in [0.1, 0.15) is 51.4 Å². The van der Waals surface area contributed by atoms with Crippen molar-refractivity contribution in [1.82, 2.24) is 5.32 Å². The number of rotatable bonds is 4. The second-order valence-corrected chi connectivity index (χ2v) is 6.96. The van der Waals surface area contributed by atoms with Gasteiger partial charge in [-0.15, -0.1) is 11.6 Å². The van der Waals surface area contributed by atoms with Crippen molar-refractivity contribution in [2.45, 2.75) is 57.4 Å². The molecule has 3 saturated carbocycles. The first-order valence-corrected chi connectivity index (χ1v) is 8.19. The van der Waals surface area contributed by atoms with Crippen LogP contribution in [-0.2, 0) is 0 Å². The van der Waals surface area contributed by atoms with E-state index in [2.05, 4.69) is 5.32 Å². The molecule has 0 spiro atoms. The van der Waals surface area contributed by atoms with Gasteiger partial charge in [0, 0.05) is 11.9 Å². The van der Waals surface area contributed by atoms with Crippen LogP contribution in [0, 0.1) is 23.7 Å². The maximum Gasteiger partial charge on any atom is 0.0266 e. The lowest BCUT2D eigenvalue weighted by Crippen LogP contribution is -2.42. The summed E-state index contributed by atoms with van der Waals surface area (Å²) in [5.41, 5.74) is 0. The molecule has 0 aromatic rings. The van der Waals surface area contributed by atoms with Gasteiger partial charge in [0.25, 0.3) is 0 Å². The van der Waals surface area contributed by atoms with Gasteiger partial charge in [0.15, 0.2) is 0 Å². The Morgan fingerprint density at radius 1 is 0.941 bits per heavy atom. The van der Waals surface area contributed by atoms with Crippen molar-refractivity contribution >= 4 is 11.6 Å². The number of fused-ring (bicyclic) bond motifs is 2. The molecule has 1 nitrogen and oxygen atoms in total. The van der Waals surface area contributed by atoms with E-state index >= 15 is 0 Å². The molecule has 0 saturated heterocycles. The predicted molar refractivity (Wildman–Crippen MR) is 73.4 cm³/mol. The van der Waals surface area contributed by atoms with Gasteiger partial charge in [-0.1, -0.05) is 19.3 Å². The zero-order valence-corrected chi connectivity index (χ0v) is 11.6. The maximum atomic E-state index is 6.09. The first kappa shape index (κ1) is 12.3. The van der Waals surface area contributed by atoms with E-state index in [1.54, 1.807) is 0 Å². The van der Waals surface area contributed by atoms with Gasteiger partial charge in [0.05, 0.1) is 0 Å². The number of nitrogens with one attached hydrogen (secondary N) is 1. The number of hydrogen-bond acceptors (Lipinski definition) is 1. The third-order valence-electron chi connectivity index (χ3n) is 5.63. The van der Waals surface area contributed by atoms with Crippen LogP contribution in [0.2, 0.25) is 0 Å². The summed E-state index contributed by atoms with van der Waals surface area (Å²) in [6, 6.07) is 0.723. The van der Waals surface area contributed by atoms with E-state index in [1.165, 1.54) is 57.9 Å². The van der Waals surface area contributed by atoms with Crippen molar-refractivity contribution in [2.24, 2.45) is 23.7 Å². The summed E-state index contributed by atoms with van der Waals surface area (Å²) >= 11 is 6.09. The number of alkyl halides is 1. The van der Waals surface area contributed by atoms with E-state index in [-0.39, 0.29) is 0 Å². The van der Waals surface area contributed by atoms with E-state index in [9.17, 15) is 0 Å². The second kappa shape index (κ2) is 5.48. The molecule has 3 aliphatic rings. The monoisotopic (exact) mass is 255 g/mol. The average molecular weight is 256 g/mol. The molecule has 0 aromatic heterocycles. The third kappa shape index (κ3) is 2.66. The van der Waals surface area contributed by atoms with E-state index in [4.69, 9.17) is 11.6 Å². The molecule has 2 bridgehead atoms. The zero-order chi connectivity index (χ0) is 11.7. The molecule has 1 N–H and O–H groups in total. The highest BCUT2D eigenvalue weighted by atomic mass is 35.5. The van der Waals surface area contributed by atoms with Gasteiger partial charge in [-0.3, -0.25) is 0 Å². The molecule has 0 radical (unpaired) electrons. The van der Waals surface area contributed by atoms with E-state index in [0.717, 1.165) is 35.6 Å². The first-order valence-electron chi connectivity index (χ1n) is 7.66. The zero-order valence-electron chi connectivity index (χ0n) is 10.8. The maximum absolute atomic E-state index is 6.09. The van der Waals surface area contributed by atoms with Gasteiger partial charge in [-0.2, -0.15) is 0 Å². The average Bonchev–Trinajstić information content (AvgIpc) is 2.98. The molecule has 3 aliphatic carbocycles. The summed E-state index contributed by atoms with van der Waals surface area (Å²) in [5, 5.41) is 3.86. The van der Waals surface area contributed by atoms with Crippen molar-refractivity contribution in [3.8, 4) is 0 Å². The van der Waals surface area contributed by atoms with Crippen LogP contribution in [0.4, 0.5) is 0 Å². The minimum absolute atomic E-state index is 0.723. The van der Waals surface area contributed by atoms with Crippen molar-refractivity contribution in [1.29, 1.82) is 0 Å². The van der Waals surface area contributed by atoms with E-state index in [1.807, 2.05) is 0 Å². The minimum Gasteiger partial charge on any atom is -0.313 e. The summed E-state index contributed by atoms with van der Waals surface area (Å²) in [4.78, 5) is 0. The molecule has 0 heterocycles. The lowest BCUT2D eigenvalue weighted by atomic mass is 9.84. The topological polar surface area (TPSA) is 12.0 Å². The molecule has 98 valence electrons. The summed E-state index contributed by atoms with van der Waals surface area (Å²) in [6.07, 6.45) is 11.6. The van der Waals surface area contributed by atoms with E-state index in [0.29, 0.717) is 0 Å². The normalized spacial score (nSPS) is 45.4. The van der Waals surface area contributed by atoms with E-state index < -0.39 is 0 Å². The van der Waals surface area contributed by atoms with Gasteiger partial charge < -0.3 is 5.32 Å². The predicted octanol–water partition coefficient (Wildman–Crippen LogP) is 3.81. The van der Waals surface area contributed by atoms with Gasteiger partial charge in [0.2, 0.25) is 0 Å². The lowest BCUT2D eigenvalue weighted by molar-refractivity contribution is 0.245. The summed E-state index contributed by atoms with van der Waals surface area (Å²) in [5.74, 6) is 4.73. The van der Waals surface area contributed by atoms with Crippen molar-refractivity contribution in [3.63, 3.8) is 0 Å². The van der Waals surface area contributed by atoms with Gasteiger partial charge >= 0.3 is 0 Å². The summed E-state index contributed by atoms with van der Waals surface area (Å²) in [6.45, 7) is 1.28. The molecule has 3 rings (SSSR count). The number of halogens is 1. The largest absolute Gasteiger partial charge is 0.313 e. The molecule has 2 heteroatoms. The molecule has 0 aliphatic heterocycles. The molecule has 3 fully saturated rings. The van der Waals surface area contributed by atoms with Gasteiger partial charge in [-0.05, 0) is 62.3 Å². The fourth-order valence-electron chi connectivity index (χ4n) is 4.59. The molecule has 17 heavy (non-hydrogen) atoms. The molecule has 0 aromatic carbocycles. The quantitative estimate of drug-likeness (QED) is 0.754. The Bertz CT molecular complexity index is 255. The van der Waals surface area contributed by atoms with Crippen molar-refractivity contribution in [3.05, 3.63) is 0 Å². The van der Waals surface area contributed by atoms with Crippen LogP contribution in [0.25, 0.3) is 0 Å². The second-order valence-electron chi connectivity index (χ2n) is 6.65. The standard InChI is InChI=1S/C15H26ClN/c16-9-13-3-1-2-4-15(13)17-10-14-8-11-5-6-12(14)7-11/h11-15,17H,1-10H2. The molecule has 0 amide bonds. The van der Waals surface area contributed by atoms with Crippen LogP contribution in [0.3, 0.4) is 0 Å². The Kier molecular flexibility index (Phi) is 3.97. The fourth-order valence-corrected chi connectivity index (χ4v) is 4.96. The molecular weight excluding hydrogens is 230 g/mol. The van der Waals surface area contributed by atoms with Gasteiger partial charge in [0.1, 0.15) is 0 Å². The van der Waals surface area contributed by atoms with Gasteiger partial charge in [-0.25, -0.2) is 0 Å². The van der Waals surface area contributed by atoms with Crippen molar-refractivity contribution < 1.29 is 0 Å². The van der Waals surface area contributed by atoms with Crippen LogP contribution in [0.5, 0.6) is 0 Å². The fraction of sp³-hybridized carbons (Fsp3) is 1.00. The first-order chi connectivity index (χ1) is 8.36. The van der Waals surface area contributed by atoms with Crippen LogP contribution in [0.15, 0.2) is 0 Å². The number of hydrogen-bond donors (Lipinski definition) is 1. The summed E-state index contributed by atoms with van der Waals surface area (Å²) < 4.78 is 0. The van der Waals surface area contributed by atoms with Crippen molar-refractivity contribution in [2.75, 3.05) is 12.4 Å². The Morgan fingerprint density at radius 3 is 2.53 bits per heavy atom. The Morgan fingerprint density at radius 2 is 1.82 bits per heavy atom. The summed E-state index contributed by atoms with van der Waals surface area (Å²) in [7, 11) is 0. The SMILES string of the molecule is ClCC1CCCCC1NCC1CC2CCC1C2. The molecule has 5 unspecified atom stereocenters. The minimum atomic E-state index is 0.723. The van der Waals surface area contributed by atoms with Crippen LogP contribution >= 0.6 is 11.6 Å². The Balaban J connectivity index is 1.46. The Labute approximate surface area is 111 Å². The Hall–Kier alpha value is 0.250. The highest BCUT2D eigenvalue weighted by Crippen LogP contribution is 2.48. The molecule has 5 atom stereocenters. The highest BCUT2D eigenvalue weighted by Gasteiger charge is 2.39. The lowest BCUT2D eigenvalue weighted by Gasteiger charge is -2.33.